The molecule has 0 aromatic heterocycles. The average molecular weight is 432 g/mol. The maximum absolute atomic E-state index is 12.9. The first-order valence-electron chi connectivity index (χ1n) is 11.0. The number of unbranched alkanes of at least 4 members (excludes halogenated alkanes) is 10. The molecular formula is C21H38F5NO2. The van der Waals surface area contributed by atoms with E-state index in [9.17, 15) is 26.7 Å². The third-order valence-corrected chi connectivity index (χ3v) is 4.91. The molecule has 0 aromatic carbocycles. The van der Waals surface area contributed by atoms with Crippen LogP contribution in [0.25, 0.3) is 0 Å². The van der Waals surface area contributed by atoms with Crippen LogP contribution < -0.4 is 0 Å². The molecule has 0 aromatic rings. The van der Waals surface area contributed by atoms with Gasteiger partial charge in [-0.1, -0.05) is 78.1 Å². The monoisotopic (exact) mass is 431 g/mol. The number of ether oxygens (including phenoxy) is 1. The second-order valence-electron chi connectivity index (χ2n) is 7.59. The van der Waals surface area contributed by atoms with E-state index in [1.807, 2.05) is 4.90 Å². The second-order valence-corrected chi connectivity index (χ2v) is 7.59. The number of nitrogens with zero attached hydrogens (tertiary/aromatic N) is 1. The van der Waals surface area contributed by atoms with E-state index in [0.29, 0.717) is 0 Å². The van der Waals surface area contributed by atoms with E-state index < -0.39 is 24.7 Å². The van der Waals surface area contributed by atoms with Crippen molar-refractivity contribution < 1.29 is 31.5 Å². The highest BCUT2D eigenvalue weighted by molar-refractivity contribution is 5.78. The molecule has 0 unspecified atom stereocenters. The topological polar surface area (TPSA) is 29.5 Å². The molecule has 0 fully saturated rings. The predicted molar refractivity (Wildman–Crippen MR) is 105 cm³/mol. The quantitative estimate of drug-likeness (QED) is 0.137. The SMILES string of the molecule is CCCCCCCCN(CCCCCCCC)CCOC(=O)C(F)(F)C(F)(F)F. The molecule has 0 spiro atoms. The van der Waals surface area contributed by atoms with Crippen molar-refractivity contribution in [3.8, 4) is 0 Å². The number of halogens is 5. The molecule has 0 N–H and O–H groups in total. The van der Waals surface area contributed by atoms with Crippen molar-refractivity contribution in [1.82, 2.24) is 4.90 Å². The van der Waals surface area contributed by atoms with Crippen molar-refractivity contribution in [3.63, 3.8) is 0 Å². The first kappa shape index (κ1) is 28.1. The van der Waals surface area contributed by atoms with E-state index in [1.165, 1.54) is 25.7 Å². The van der Waals surface area contributed by atoms with E-state index >= 15 is 0 Å². The molecule has 0 saturated carbocycles. The fraction of sp³-hybridized carbons (Fsp3) is 0.952. The van der Waals surface area contributed by atoms with Gasteiger partial charge in [0.2, 0.25) is 0 Å². The molecule has 0 aliphatic heterocycles. The number of alkyl halides is 5. The molecular weight excluding hydrogens is 393 g/mol. The van der Waals surface area contributed by atoms with Crippen LogP contribution in [0.1, 0.15) is 90.9 Å². The Morgan fingerprint density at radius 3 is 1.52 bits per heavy atom. The highest BCUT2D eigenvalue weighted by Crippen LogP contribution is 2.36. The Morgan fingerprint density at radius 2 is 1.10 bits per heavy atom. The molecule has 0 bridgehead atoms. The third-order valence-electron chi connectivity index (χ3n) is 4.91. The van der Waals surface area contributed by atoms with Gasteiger partial charge in [-0.25, -0.2) is 4.79 Å². The second kappa shape index (κ2) is 15.9. The Labute approximate surface area is 172 Å². The molecule has 29 heavy (non-hydrogen) atoms. The molecule has 0 amide bonds. The van der Waals surface area contributed by atoms with Crippen LogP contribution >= 0.6 is 0 Å². The molecule has 0 radical (unpaired) electrons. The van der Waals surface area contributed by atoms with Crippen molar-refractivity contribution >= 4 is 5.97 Å². The van der Waals surface area contributed by atoms with Gasteiger partial charge in [0.1, 0.15) is 6.61 Å². The molecule has 174 valence electrons. The number of carbonyl (C=O) groups is 1. The Hall–Kier alpha value is -0.920. The molecule has 0 heterocycles. The van der Waals surface area contributed by atoms with E-state index in [0.717, 1.165) is 64.5 Å². The van der Waals surface area contributed by atoms with Gasteiger partial charge in [0.05, 0.1) is 0 Å². The zero-order valence-corrected chi connectivity index (χ0v) is 18.0. The fourth-order valence-electron chi connectivity index (χ4n) is 3.04. The summed E-state index contributed by atoms with van der Waals surface area (Å²) in [5.74, 6) is -7.99. The van der Waals surface area contributed by atoms with Gasteiger partial charge in [0, 0.05) is 6.54 Å². The van der Waals surface area contributed by atoms with Crippen molar-refractivity contribution in [2.75, 3.05) is 26.2 Å². The van der Waals surface area contributed by atoms with Crippen LogP contribution in [0.5, 0.6) is 0 Å². The fourth-order valence-corrected chi connectivity index (χ4v) is 3.04. The van der Waals surface area contributed by atoms with Crippen molar-refractivity contribution in [3.05, 3.63) is 0 Å². The summed E-state index contributed by atoms with van der Waals surface area (Å²) < 4.78 is 66.7. The van der Waals surface area contributed by atoms with Crippen molar-refractivity contribution in [2.24, 2.45) is 0 Å². The number of esters is 1. The molecule has 0 saturated heterocycles. The van der Waals surface area contributed by atoms with Gasteiger partial charge in [0.15, 0.2) is 0 Å². The van der Waals surface area contributed by atoms with Crippen molar-refractivity contribution in [1.29, 1.82) is 0 Å². The first-order valence-corrected chi connectivity index (χ1v) is 11.0. The summed E-state index contributed by atoms with van der Waals surface area (Å²) in [5.41, 5.74) is 0. The van der Waals surface area contributed by atoms with Crippen LogP contribution in [0.3, 0.4) is 0 Å². The standard InChI is InChI=1S/C21H38F5NO2/c1-3-5-7-9-11-13-15-27(16-14-12-10-8-6-4-2)17-18-29-19(28)20(22,23)21(24,25)26/h3-18H2,1-2H3. The Morgan fingerprint density at radius 1 is 0.690 bits per heavy atom. The Kier molecular flexibility index (Phi) is 15.4. The lowest BCUT2D eigenvalue weighted by molar-refractivity contribution is -0.280. The van der Waals surface area contributed by atoms with Crippen LogP contribution in [-0.4, -0.2) is 49.2 Å². The summed E-state index contributed by atoms with van der Waals surface area (Å²) >= 11 is 0. The van der Waals surface area contributed by atoms with Crippen molar-refractivity contribution in [2.45, 2.75) is 103 Å². The maximum Gasteiger partial charge on any atom is 0.465 e. The minimum atomic E-state index is -5.93. The lowest BCUT2D eigenvalue weighted by atomic mass is 10.1. The van der Waals surface area contributed by atoms with Gasteiger partial charge in [0.25, 0.3) is 0 Å². The molecule has 8 heteroatoms. The van der Waals surface area contributed by atoms with Gasteiger partial charge >= 0.3 is 18.1 Å². The minimum absolute atomic E-state index is 0.170. The van der Waals surface area contributed by atoms with Crippen LogP contribution in [-0.2, 0) is 9.53 Å². The maximum atomic E-state index is 12.9. The highest BCUT2D eigenvalue weighted by atomic mass is 19.4. The van der Waals surface area contributed by atoms with E-state index in [-0.39, 0.29) is 6.54 Å². The van der Waals surface area contributed by atoms with Crippen LogP contribution in [0, 0.1) is 0 Å². The summed E-state index contributed by atoms with van der Waals surface area (Å²) in [6.45, 7) is 5.46. The zero-order valence-electron chi connectivity index (χ0n) is 18.0. The van der Waals surface area contributed by atoms with Crippen LogP contribution in [0.15, 0.2) is 0 Å². The van der Waals surface area contributed by atoms with Gasteiger partial charge in [-0.3, -0.25) is 4.90 Å². The van der Waals surface area contributed by atoms with Gasteiger partial charge in [-0.15, -0.1) is 0 Å². The largest absolute Gasteiger partial charge is 0.465 e. The van der Waals surface area contributed by atoms with Gasteiger partial charge < -0.3 is 4.74 Å². The van der Waals surface area contributed by atoms with Gasteiger partial charge in [-0.05, 0) is 25.9 Å². The lowest BCUT2D eigenvalue weighted by Gasteiger charge is -2.23. The molecule has 0 aliphatic carbocycles. The molecule has 0 rings (SSSR count). The minimum Gasteiger partial charge on any atom is -0.460 e. The summed E-state index contributed by atoms with van der Waals surface area (Å²) in [6.07, 6.45) is 7.40. The number of rotatable bonds is 18. The third kappa shape index (κ3) is 13.1. The Balaban J connectivity index is 4.32. The molecule has 0 atom stereocenters. The zero-order chi connectivity index (χ0) is 22.2. The van der Waals surface area contributed by atoms with Crippen LogP contribution in [0.2, 0.25) is 0 Å². The molecule has 3 nitrogen and oxygen atoms in total. The van der Waals surface area contributed by atoms with Gasteiger partial charge in [-0.2, -0.15) is 22.0 Å². The number of hydrogen-bond acceptors (Lipinski definition) is 3. The van der Waals surface area contributed by atoms with E-state index in [1.54, 1.807) is 0 Å². The summed E-state index contributed by atoms with van der Waals surface area (Å²) in [5, 5.41) is 0. The summed E-state index contributed by atoms with van der Waals surface area (Å²) in [4.78, 5) is 13.1. The number of hydrogen-bond donors (Lipinski definition) is 0. The smallest absolute Gasteiger partial charge is 0.460 e. The number of carbonyl (C=O) groups excluding carboxylic acids is 1. The lowest BCUT2D eigenvalue weighted by Crippen LogP contribution is -2.45. The predicted octanol–water partition coefficient (Wildman–Crippen LogP) is 6.75. The van der Waals surface area contributed by atoms with E-state index in [2.05, 4.69) is 18.6 Å². The molecule has 0 aliphatic rings. The summed E-state index contributed by atoms with van der Waals surface area (Å²) in [7, 11) is 0. The van der Waals surface area contributed by atoms with Crippen LogP contribution in [0.4, 0.5) is 22.0 Å². The first-order chi connectivity index (χ1) is 13.7. The average Bonchev–Trinajstić information content (AvgIpc) is 2.65. The van der Waals surface area contributed by atoms with E-state index in [4.69, 9.17) is 0 Å². The Bertz CT molecular complexity index is 400. The normalized spacial score (nSPS) is 12.6. The summed E-state index contributed by atoms with van der Waals surface area (Å²) in [6, 6.07) is 0. The highest BCUT2D eigenvalue weighted by Gasteiger charge is 2.64.